The lowest BCUT2D eigenvalue weighted by molar-refractivity contribution is -0.133. The monoisotopic (exact) mass is 463 g/mol. The molecule has 1 aliphatic rings. The van der Waals surface area contributed by atoms with Crippen molar-refractivity contribution < 1.29 is 23.7 Å². The molecule has 10 heteroatoms. The number of nitrogens with zero attached hydrogens (tertiary/aromatic N) is 2. The van der Waals surface area contributed by atoms with Crippen LogP contribution in [0.15, 0.2) is 43.0 Å². The number of pyridine rings is 1. The van der Waals surface area contributed by atoms with Gasteiger partial charge in [-0.1, -0.05) is 35.3 Å². The number of rotatable bonds is 9. The highest BCUT2D eigenvalue weighted by molar-refractivity contribution is 6.33. The van der Waals surface area contributed by atoms with E-state index in [9.17, 15) is 10.1 Å². The molecule has 0 saturated carbocycles. The minimum Gasteiger partial charge on any atom is -0.473 e. The Balaban J connectivity index is 1.84. The lowest BCUT2D eigenvalue weighted by atomic mass is 10.0. The van der Waals surface area contributed by atoms with Crippen LogP contribution in [0.1, 0.15) is 18.0 Å². The van der Waals surface area contributed by atoms with E-state index in [2.05, 4.69) is 16.9 Å². The second-order valence-electron chi connectivity index (χ2n) is 6.45. The van der Waals surface area contributed by atoms with Crippen LogP contribution in [-0.2, 0) is 9.53 Å². The summed E-state index contributed by atoms with van der Waals surface area (Å²) in [6.45, 7) is 3.89. The van der Waals surface area contributed by atoms with E-state index in [1.165, 1.54) is 19.2 Å². The van der Waals surface area contributed by atoms with Crippen molar-refractivity contribution in [3.63, 3.8) is 0 Å². The molecule has 1 aromatic carbocycles. The van der Waals surface area contributed by atoms with Gasteiger partial charge in [-0.3, -0.25) is 4.79 Å². The van der Waals surface area contributed by atoms with Crippen molar-refractivity contribution in [3.8, 4) is 23.3 Å². The highest BCUT2D eigenvalue weighted by Gasteiger charge is 2.33. The Morgan fingerprint density at radius 1 is 1.35 bits per heavy atom. The van der Waals surface area contributed by atoms with E-state index in [-0.39, 0.29) is 22.8 Å². The highest BCUT2D eigenvalue weighted by atomic mass is 35.5. The van der Waals surface area contributed by atoms with Crippen LogP contribution in [-0.4, -0.2) is 37.0 Å². The van der Waals surface area contributed by atoms with Crippen LogP contribution in [0.3, 0.4) is 0 Å². The van der Waals surface area contributed by atoms with Gasteiger partial charge in [0.15, 0.2) is 28.5 Å². The summed E-state index contributed by atoms with van der Waals surface area (Å²) in [4.78, 5) is 17.0. The topological polar surface area (TPSA) is 103 Å². The van der Waals surface area contributed by atoms with Crippen molar-refractivity contribution in [2.45, 2.75) is 24.7 Å². The van der Waals surface area contributed by atoms with Gasteiger partial charge in [-0.2, -0.15) is 5.26 Å². The summed E-state index contributed by atoms with van der Waals surface area (Å²) in [6.07, 6.45) is -0.431. The normalized spacial score (nSPS) is 14.8. The maximum Gasteiger partial charge on any atom is 0.265 e. The maximum atomic E-state index is 13.1. The minimum atomic E-state index is -1.32. The van der Waals surface area contributed by atoms with Crippen LogP contribution in [0.25, 0.3) is 0 Å². The number of hydrogen-bond donors (Lipinski definition) is 1. The van der Waals surface area contributed by atoms with Crippen molar-refractivity contribution >= 4 is 29.1 Å². The Morgan fingerprint density at radius 3 is 2.81 bits per heavy atom. The quantitative estimate of drug-likeness (QED) is 0.444. The fraction of sp³-hybridized carbons (Fsp3) is 0.286. The first-order valence-corrected chi connectivity index (χ1v) is 9.94. The molecule has 1 amide bonds. The number of halogens is 2. The number of amides is 1. The summed E-state index contributed by atoms with van der Waals surface area (Å²) in [7, 11) is 1.30. The van der Waals surface area contributed by atoms with Gasteiger partial charge >= 0.3 is 0 Å². The summed E-state index contributed by atoms with van der Waals surface area (Å²) < 4.78 is 21.6. The number of methoxy groups -OCH3 is 1. The summed E-state index contributed by atoms with van der Waals surface area (Å²) in [5, 5.41) is 12.4. The predicted octanol–water partition coefficient (Wildman–Crippen LogP) is 3.84. The summed E-state index contributed by atoms with van der Waals surface area (Å²) in [5.74, 6) is 0.720. The molecule has 3 atom stereocenters. The molecule has 0 bridgehead atoms. The van der Waals surface area contributed by atoms with Crippen molar-refractivity contribution in [2.75, 3.05) is 13.9 Å². The second-order valence-corrected chi connectivity index (χ2v) is 7.19. The number of benzene rings is 1. The van der Waals surface area contributed by atoms with Gasteiger partial charge in [0, 0.05) is 7.11 Å². The number of hydrogen-bond acceptors (Lipinski definition) is 7. The van der Waals surface area contributed by atoms with E-state index >= 15 is 0 Å². The molecule has 2 aromatic rings. The number of carbonyl (C=O) groups is 1. The number of carbonyl (C=O) groups excluding carboxylic acids is 1. The van der Waals surface area contributed by atoms with E-state index in [0.717, 1.165) is 5.56 Å². The Kier molecular flexibility index (Phi) is 7.58. The third-order valence-electron chi connectivity index (χ3n) is 4.47. The fourth-order valence-electron chi connectivity index (χ4n) is 2.95. The molecule has 3 rings (SSSR count). The van der Waals surface area contributed by atoms with E-state index < -0.39 is 24.2 Å². The Hall–Kier alpha value is -2.99. The molecule has 0 spiro atoms. The Morgan fingerprint density at radius 2 is 2.13 bits per heavy atom. The standard InChI is InChI=1S/C21H19Cl2N3O5/c1-3-4-13(12-5-6-14-16(9-12)30-11-29-14)25-21(27)19(17(10-24)28-2)31-15-7-8-18(22)26-20(15)23/h3,5-9,13,17,19H,1,4,11H2,2H3,(H,25,27)/t13-,17?,19?/m0/s1. The molecular formula is C21H19Cl2N3O5. The largest absolute Gasteiger partial charge is 0.473 e. The van der Waals surface area contributed by atoms with Gasteiger partial charge < -0.3 is 24.3 Å². The van der Waals surface area contributed by atoms with E-state index in [1.807, 2.05) is 12.1 Å². The Labute approximate surface area is 189 Å². The average molecular weight is 464 g/mol. The van der Waals surface area contributed by atoms with Crippen molar-refractivity contribution in [2.24, 2.45) is 0 Å². The first-order valence-electron chi connectivity index (χ1n) is 9.18. The number of nitriles is 1. The van der Waals surface area contributed by atoms with Crippen LogP contribution >= 0.6 is 23.2 Å². The summed E-state index contributed by atoms with van der Waals surface area (Å²) in [5.41, 5.74) is 0.772. The molecule has 0 fully saturated rings. The van der Waals surface area contributed by atoms with Crippen molar-refractivity contribution in [1.82, 2.24) is 10.3 Å². The SMILES string of the molecule is C=CC[C@H](NC(=O)C(Oc1ccc(Cl)nc1Cl)C(C#N)OC)c1ccc2c(c1)OCO2. The molecule has 8 nitrogen and oxygen atoms in total. The van der Waals surface area contributed by atoms with Gasteiger partial charge in [-0.05, 0) is 36.2 Å². The van der Waals surface area contributed by atoms with Crippen LogP contribution in [0.4, 0.5) is 0 Å². The predicted molar refractivity (Wildman–Crippen MR) is 113 cm³/mol. The maximum absolute atomic E-state index is 13.1. The van der Waals surface area contributed by atoms with Gasteiger partial charge in [0.2, 0.25) is 12.9 Å². The van der Waals surface area contributed by atoms with Gasteiger partial charge in [-0.15, -0.1) is 6.58 Å². The molecule has 1 aliphatic heterocycles. The fourth-order valence-corrected chi connectivity index (χ4v) is 3.34. The first kappa shape index (κ1) is 22.7. The first-order chi connectivity index (χ1) is 15.0. The molecule has 0 radical (unpaired) electrons. The molecule has 0 saturated heterocycles. The third-order valence-corrected chi connectivity index (χ3v) is 4.95. The van der Waals surface area contributed by atoms with Crippen LogP contribution in [0.5, 0.6) is 17.2 Å². The van der Waals surface area contributed by atoms with E-state index in [1.54, 1.807) is 18.2 Å². The lowest BCUT2D eigenvalue weighted by Crippen LogP contribution is -2.47. The third kappa shape index (κ3) is 5.39. The number of fused-ring (bicyclic) bond motifs is 1. The van der Waals surface area contributed by atoms with Crippen LogP contribution < -0.4 is 19.5 Å². The van der Waals surface area contributed by atoms with Gasteiger partial charge in [0.25, 0.3) is 5.91 Å². The zero-order chi connectivity index (χ0) is 22.4. The van der Waals surface area contributed by atoms with E-state index in [4.69, 9.17) is 42.1 Å². The number of ether oxygens (including phenoxy) is 4. The van der Waals surface area contributed by atoms with Gasteiger partial charge in [-0.25, -0.2) is 4.98 Å². The minimum absolute atomic E-state index is 0.0449. The molecule has 162 valence electrons. The summed E-state index contributed by atoms with van der Waals surface area (Å²) in [6, 6.07) is 9.73. The Bertz CT molecular complexity index is 1010. The van der Waals surface area contributed by atoms with Gasteiger partial charge in [0.05, 0.1) is 12.1 Å². The molecule has 0 aliphatic carbocycles. The molecular weight excluding hydrogens is 445 g/mol. The lowest BCUT2D eigenvalue weighted by Gasteiger charge is -2.25. The molecule has 31 heavy (non-hydrogen) atoms. The molecule has 2 heterocycles. The molecule has 2 unspecified atom stereocenters. The van der Waals surface area contributed by atoms with E-state index in [0.29, 0.717) is 17.9 Å². The van der Waals surface area contributed by atoms with Crippen LogP contribution in [0.2, 0.25) is 10.3 Å². The summed E-state index contributed by atoms with van der Waals surface area (Å²) >= 11 is 11.9. The van der Waals surface area contributed by atoms with Gasteiger partial charge in [0.1, 0.15) is 5.15 Å². The smallest absolute Gasteiger partial charge is 0.265 e. The van der Waals surface area contributed by atoms with Crippen molar-refractivity contribution in [3.05, 3.63) is 58.9 Å². The van der Waals surface area contributed by atoms with Crippen molar-refractivity contribution in [1.29, 1.82) is 5.26 Å². The molecule has 1 N–H and O–H groups in total. The average Bonchev–Trinajstić information content (AvgIpc) is 3.22. The zero-order valence-corrected chi connectivity index (χ0v) is 18.0. The molecule has 1 aromatic heterocycles. The highest BCUT2D eigenvalue weighted by Crippen LogP contribution is 2.35. The number of aromatic nitrogens is 1. The number of nitrogens with one attached hydrogen (secondary N) is 1. The van der Waals surface area contributed by atoms with Crippen LogP contribution in [0, 0.1) is 11.3 Å². The zero-order valence-electron chi connectivity index (χ0n) is 16.5. The second kappa shape index (κ2) is 10.4.